The predicted molar refractivity (Wildman–Crippen MR) is 84.0 cm³/mol. The number of benzene rings is 2. The van der Waals surface area contributed by atoms with Crippen LogP contribution >= 0.6 is 0 Å². The van der Waals surface area contributed by atoms with E-state index >= 15 is 0 Å². The van der Waals surface area contributed by atoms with Crippen molar-refractivity contribution < 1.29 is 9.90 Å². The monoisotopic (exact) mass is 283 g/mol. The molecule has 21 heavy (non-hydrogen) atoms. The Kier molecular flexibility index (Phi) is 3.93. The van der Waals surface area contributed by atoms with Crippen LogP contribution in [0.3, 0.4) is 0 Å². The van der Waals surface area contributed by atoms with Crippen molar-refractivity contribution in [3.05, 3.63) is 48.0 Å². The Labute approximate surface area is 125 Å². The Hall–Kier alpha value is -1.87. The van der Waals surface area contributed by atoms with Crippen molar-refractivity contribution in [1.82, 2.24) is 4.90 Å². The first kappa shape index (κ1) is 14.1. The third-order valence-electron chi connectivity index (χ3n) is 4.27. The molecule has 1 saturated carbocycles. The molecule has 0 spiro atoms. The first-order valence-corrected chi connectivity index (χ1v) is 7.54. The molecule has 2 aromatic carbocycles. The highest BCUT2D eigenvalue weighted by molar-refractivity contribution is 5.90. The summed E-state index contributed by atoms with van der Waals surface area (Å²) >= 11 is 0. The molecule has 1 aliphatic rings. The molecule has 0 aliphatic heterocycles. The molecule has 3 nitrogen and oxygen atoms in total. The largest absolute Gasteiger partial charge is 0.391 e. The van der Waals surface area contributed by atoms with Gasteiger partial charge < -0.3 is 10.0 Å². The van der Waals surface area contributed by atoms with E-state index in [2.05, 4.69) is 18.2 Å². The van der Waals surface area contributed by atoms with E-state index < -0.39 is 0 Å². The standard InChI is InChI=1S/C18H21NO2/c1-19(12-17(20)14-9-10-14)18(21)11-15-7-4-6-13-5-2-3-8-16(13)15/h2-8,14,17,20H,9-12H2,1H3. The van der Waals surface area contributed by atoms with Gasteiger partial charge in [0.05, 0.1) is 12.5 Å². The Bertz CT molecular complexity index is 643. The van der Waals surface area contributed by atoms with Crippen molar-refractivity contribution >= 4 is 16.7 Å². The highest BCUT2D eigenvalue weighted by atomic mass is 16.3. The third-order valence-corrected chi connectivity index (χ3v) is 4.27. The number of hydrogen-bond acceptors (Lipinski definition) is 2. The van der Waals surface area contributed by atoms with Crippen LogP contribution in [0.25, 0.3) is 10.8 Å². The lowest BCUT2D eigenvalue weighted by atomic mass is 10.0. The molecule has 3 rings (SSSR count). The number of carbonyl (C=O) groups is 1. The lowest BCUT2D eigenvalue weighted by Crippen LogP contribution is -2.36. The highest BCUT2D eigenvalue weighted by Gasteiger charge is 2.31. The highest BCUT2D eigenvalue weighted by Crippen LogP contribution is 2.32. The molecule has 1 N–H and O–H groups in total. The lowest BCUT2D eigenvalue weighted by molar-refractivity contribution is -0.130. The number of amides is 1. The van der Waals surface area contributed by atoms with E-state index in [4.69, 9.17) is 0 Å². The first-order chi connectivity index (χ1) is 10.1. The van der Waals surface area contributed by atoms with Gasteiger partial charge in [0, 0.05) is 13.6 Å². The molecule has 2 aromatic rings. The maximum absolute atomic E-state index is 12.3. The van der Waals surface area contributed by atoms with Gasteiger partial charge in [-0.25, -0.2) is 0 Å². The van der Waals surface area contributed by atoms with Gasteiger partial charge >= 0.3 is 0 Å². The summed E-state index contributed by atoms with van der Waals surface area (Å²) in [6, 6.07) is 14.2. The summed E-state index contributed by atoms with van der Waals surface area (Å²) in [5.41, 5.74) is 1.05. The van der Waals surface area contributed by atoms with E-state index in [1.807, 2.05) is 24.3 Å². The molecular weight excluding hydrogens is 262 g/mol. The molecule has 0 aromatic heterocycles. The summed E-state index contributed by atoms with van der Waals surface area (Å²) in [7, 11) is 1.78. The van der Waals surface area contributed by atoms with Gasteiger partial charge in [0.15, 0.2) is 0 Å². The third kappa shape index (κ3) is 3.24. The second-order valence-electron chi connectivity index (χ2n) is 5.99. The van der Waals surface area contributed by atoms with E-state index in [1.54, 1.807) is 11.9 Å². The summed E-state index contributed by atoms with van der Waals surface area (Å²) in [6.07, 6.45) is 2.19. The van der Waals surface area contributed by atoms with E-state index in [0.717, 1.165) is 29.2 Å². The van der Waals surface area contributed by atoms with Crippen LogP contribution in [0.2, 0.25) is 0 Å². The quantitative estimate of drug-likeness (QED) is 0.916. The Morgan fingerprint density at radius 2 is 1.95 bits per heavy atom. The fourth-order valence-electron chi connectivity index (χ4n) is 2.76. The van der Waals surface area contributed by atoms with Crippen molar-refractivity contribution in [2.75, 3.05) is 13.6 Å². The minimum absolute atomic E-state index is 0.0612. The molecule has 1 unspecified atom stereocenters. The van der Waals surface area contributed by atoms with Crippen molar-refractivity contribution in [2.24, 2.45) is 5.92 Å². The summed E-state index contributed by atoms with van der Waals surface area (Å²) < 4.78 is 0. The van der Waals surface area contributed by atoms with E-state index in [9.17, 15) is 9.90 Å². The van der Waals surface area contributed by atoms with Crippen LogP contribution < -0.4 is 0 Å². The Morgan fingerprint density at radius 3 is 2.71 bits per heavy atom. The maximum Gasteiger partial charge on any atom is 0.226 e. The molecule has 1 aliphatic carbocycles. The number of nitrogens with zero attached hydrogens (tertiary/aromatic N) is 1. The topological polar surface area (TPSA) is 40.5 Å². The average molecular weight is 283 g/mol. The molecule has 1 fully saturated rings. The van der Waals surface area contributed by atoms with Crippen LogP contribution in [0, 0.1) is 5.92 Å². The number of aliphatic hydroxyl groups is 1. The Morgan fingerprint density at radius 1 is 1.24 bits per heavy atom. The lowest BCUT2D eigenvalue weighted by Gasteiger charge is -2.21. The summed E-state index contributed by atoms with van der Waals surface area (Å²) in [6.45, 7) is 0.439. The van der Waals surface area contributed by atoms with Gasteiger partial charge in [-0.1, -0.05) is 42.5 Å². The number of carbonyl (C=O) groups excluding carboxylic acids is 1. The van der Waals surface area contributed by atoms with Crippen molar-refractivity contribution in [2.45, 2.75) is 25.4 Å². The summed E-state index contributed by atoms with van der Waals surface area (Å²) in [5, 5.41) is 12.2. The SMILES string of the molecule is CN(CC(O)C1CC1)C(=O)Cc1cccc2ccccc12. The maximum atomic E-state index is 12.3. The number of likely N-dealkylation sites (N-methyl/N-ethyl adjacent to an activating group) is 1. The van der Waals surface area contributed by atoms with Gasteiger partial charge in [0.25, 0.3) is 0 Å². The molecule has 0 bridgehead atoms. The van der Waals surface area contributed by atoms with Gasteiger partial charge in [-0.05, 0) is 35.1 Å². The number of fused-ring (bicyclic) bond motifs is 1. The molecule has 1 amide bonds. The minimum Gasteiger partial charge on any atom is -0.391 e. The predicted octanol–water partition coefficient (Wildman–Crippen LogP) is 2.61. The molecule has 1 atom stereocenters. The molecular formula is C18H21NO2. The number of hydrogen-bond donors (Lipinski definition) is 1. The number of rotatable bonds is 5. The first-order valence-electron chi connectivity index (χ1n) is 7.54. The molecule has 0 saturated heterocycles. The zero-order valence-corrected chi connectivity index (χ0v) is 12.3. The van der Waals surface area contributed by atoms with Gasteiger partial charge in [-0.3, -0.25) is 4.79 Å². The molecule has 0 radical (unpaired) electrons. The molecule has 110 valence electrons. The van der Waals surface area contributed by atoms with Gasteiger partial charge in [0.2, 0.25) is 5.91 Å². The average Bonchev–Trinajstić information content (AvgIpc) is 3.32. The van der Waals surface area contributed by atoms with Crippen LogP contribution in [-0.4, -0.2) is 35.6 Å². The fourth-order valence-corrected chi connectivity index (χ4v) is 2.76. The second kappa shape index (κ2) is 5.86. The van der Waals surface area contributed by atoms with Crippen molar-refractivity contribution in [1.29, 1.82) is 0 Å². The minimum atomic E-state index is -0.369. The van der Waals surface area contributed by atoms with Crippen LogP contribution in [0.5, 0.6) is 0 Å². The van der Waals surface area contributed by atoms with Crippen LogP contribution in [0.1, 0.15) is 18.4 Å². The van der Waals surface area contributed by atoms with Gasteiger partial charge in [-0.15, -0.1) is 0 Å². The van der Waals surface area contributed by atoms with Crippen LogP contribution in [0.4, 0.5) is 0 Å². The second-order valence-corrected chi connectivity index (χ2v) is 5.99. The van der Waals surface area contributed by atoms with Crippen molar-refractivity contribution in [3.8, 4) is 0 Å². The van der Waals surface area contributed by atoms with Gasteiger partial charge in [-0.2, -0.15) is 0 Å². The normalized spacial score (nSPS) is 15.9. The van der Waals surface area contributed by atoms with Crippen LogP contribution in [-0.2, 0) is 11.2 Å². The fraction of sp³-hybridized carbons (Fsp3) is 0.389. The van der Waals surface area contributed by atoms with Crippen LogP contribution in [0.15, 0.2) is 42.5 Å². The zero-order chi connectivity index (χ0) is 14.8. The number of aliphatic hydroxyl groups excluding tert-OH is 1. The smallest absolute Gasteiger partial charge is 0.226 e. The molecule has 3 heteroatoms. The molecule has 0 heterocycles. The zero-order valence-electron chi connectivity index (χ0n) is 12.3. The van der Waals surface area contributed by atoms with E-state index in [0.29, 0.717) is 18.9 Å². The van der Waals surface area contributed by atoms with Gasteiger partial charge in [0.1, 0.15) is 0 Å². The Balaban J connectivity index is 1.70. The van der Waals surface area contributed by atoms with E-state index in [-0.39, 0.29) is 12.0 Å². The van der Waals surface area contributed by atoms with Crippen molar-refractivity contribution in [3.63, 3.8) is 0 Å². The summed E-state index contributed by atoms with van der Waals surface area (Å²) in [5.74, 6) is 0.462. The summed E-state index contributed by atoms with van der Waals surface area (Å²) in [4.78, 5) is 14.0. The van der Waals surface area contributed by atoms with E-state index in [1.165, 1.54) is 0 Å².